The highest BCUT2D eigenvalue weighted by molar-refractivity contribution is 6.60. The predicted octanol–water partition coefficient (Wildman–Crippen LogP) is 5.67. The molecule has 0 spiro atoms. The third kappa shape index (κ3) is 4.12. The summed E-state index contributed by atoms with van der Waals surface area (Å²) in [5.41, 5.74) is 0.107. The molecule has 9 heteroatoms. The highest BCUT2D eigenvalue weighted by atomic mass is 35.5. The molecule has 0 bridgehead atoms. The number of benzene rings is 1. The average Bonchev–Trinajstić information content (AvgIpc) is 2.26. The van der Waals surface area contributed by atoms with E-state index in [1.807, 2.05) is 0 Å². The maximum Gasteiger partial charge on any atom is 0.287 e. The Morgan fingerprint density at radius 2 is 1.67 bits per heavy atom. The first-order chi connectivity index (χ1) is 8.27. The van der Waals surface area contributed by atoms with Crippen LogP contribution in [-0.4, -0.2) is 16.1 Å². The second kappa shape index (κ2) is 6.60. The monoisotopic (exact) mass is 366 g/mol. The molecule has 0 fully saturated rings. The zero-order valence-corrected chi connectivity index (χ0v) is 13.0. The molecule has 98 valence electrons. The number of hydrogen-bond acceptors (Lipinski definition) is 3. The van der Waals surface area contributed by atoms with Crippen LogP contribution in [0.15, 0.2) is 22.4 Å². The molecule has 0 saturated carbocycles. The summed E-state index contributed by atoms with van der Waals surface area (Å²) in [6.07, 6.45) is 0. The van der Waals surface area contributed by atoms with Crippen molar-refractivity contribution in [1.82, 2.24) is 0 Å². The van der Waals surface area contributed by atoms with Crippen LogP contribution in [0, 0.1) is 0 Å². The van der Waals surface area contributed by atoms with Gasteiger partial charge in [-0.05, 0) is 12.1 Å². The van der Waals surface area contributed by atoms with Gasteiger partial charge >= 0.3 is 0 Å². The van der Waals surface area contributed by atoms with Crippen molar-refractivity contribution in [2.45, 2.75) is 4.46 Å². The van der Waals surface area contributed by atoms with Gasteiger partial charge < -0.3 is 0 Å². The Balaban J connectivity index is 3.09. The number of Topliss-reactive ketones (excluding diaryl/α,β-unsaturated/α-hetero) is 1. The Kier molecular flexibility index (Phi) is 5.97. The Bertz CT molecular complexity index is 479. The van der Waals surface area contributed by atoms with E-state index in [0.717, 1.165) is 0 Å². The zero-order valence-electron chi connectivity index (χ0n) is 8.43. The lowest BCUT2D eigenvalue weighted by Crippen LogP contribution is -2.24. The summed E-state index contributed by atoms with van der Waals surface area (Å²) < 4.78 is -2.08. The van der Waals surface area contributed by atoms with Gasteiger partial charge in [-0.1, -0.05) is 58.0 Å². The number of carbonyl (C=O) groups excluding carboxylic acids is 1. The first-order valence-corrected chi connectivity index (χ1v) is 6.75. The Labute approximate surface area is 133 Å². The van der Waals surface area contributed by atoms with E-state index in [0.29, 0.717) is 5.02 Å². The van der Waals surface area contributed by atoms with Gasteiger partial charge in [-0.3, -0.25) is 4.79 Å². The van der Waals surface area contributed by atoms with Gasteiger partial charge in [-0.2, -0.15) is 0 Å². The summed E-state index contributed by atoms with van der Waals surface area (Å²) in [6, 6.07) is 2.83. The minimum absolute atomic E-state index is 0.107. The Morgan fingerprint density at radius 1 is 1.17 bits per heavy atom. The number of azo groups is 1. The second-order valence-electron chi connectivity index (χ2n) is 3.02. The first kappa shape index (κ1) is 16.3. The van der Waals surface area contributed by atoms with Crippen LogP contribution in [0.25, 0.3) is 0 Å². The molecule has 0 amide bonds. The lowest BCUT2D eigenvalue weighted by atomic mass is 10.3. The van der Waals surface area contributed by atoms with Gasteiger partial charge in [-0.25, -0.2) is 0 Å². The van der Waals surface area contributed by atoms with Crippen LogP contribution in [0.4, 0.5) is 5.69 Å². The molecule has 18 heavy (non-hydrogen) atoms. The molecule has 0 aliphatic heterocycles. The van der Waals surface area contributed by atoms with Crippen LogP contribution in [0.1, 0.15) is 0 Å². The average molecular weight is 369 g/mol. The molecular formula is C9H4Cl6N2O. The Hall–Kier alpha value is 0.230. The summed E-state index contributed by atoms with van der Waals surface area (Å²) in [5, 5.41) is 7.74. The van der Waals surface area contributed by atoms with Crippen LogP contribution < -0.4 is 0 Å². The molecule has 0 aromatic heterocycles. The fourth-order valence-electron chi connectivity index (χ4n) is 0.879. The van der Waals surface area contributed by atoms with Crippen molar-refractivity contribution >= 4 is 81.1 Å². The zero-order chi connectivity index (χ0) is 13.9. The topological polar surface area (TPSA) is 41.8 Å². The van der Waals surface area contributed by atoms with E-state index in [2.05, 4.69) is 10.2 Å². The van der Waals surface area contributed by atoms with Crippen LogP contribution >= 0.6 is 69.6 Å². The summed E-state index contributed by atoms with van der Waals surface area (Å²) in [5.74, 6) is -1.11. The van der Waals surface area contributed by atoms with Gasteiger partial charge in [0, 0.05) is 5.02 Å². The molecule has 0 N–H and O–H groups in total. The number of hydrogen-bond donors (Lipinski definition) is 0. The molecular weight excluding hydrogens is 365 g/mol. The molecule has 0 unspecified atom stereocenters. The summed E-state index contributed by atoms with van der Waals surface area (Å²) in [4.78, 5) is 11.2. The van der Waals surface area contributed by atoms with Gasteiger partial charge in [0.25, 0.3) is 4.46 Å². The van der Waals surface area contributed by atoms with Crippen molar-refractivity contribution < 1.29 is 4.79 Å². The number of carbonyl (C=O) groups is 1. The Morgan fingerprint density at radius 3 is 2.11 bits per heavy atom. The lowest BCUT2D eigenvalue weighted by molar-refractivity contribution is -0.117. The highest BCUT2D eigenvalue weighted by Gasteiger charge is 2.32. The number of rotatable bonds is 4. The van der Waals surface area contributed by atoms with Crippen LogP contribution in [-0.2, 0) is 4.79 Å². The molecule has 1 aromatic carbocycles. The highest BCUT2D eigenvalue weighted by Crippen LogP contribution is 2.37. The maximum atomic E-state index is 11.2. The van der Waals surface area contributed by atoms with E-state index in [-0.39, 0.29) is 15.7 Å². The normalized spacial score (nSPS) is 12.1. The molecule has 0 aliphatic carbocycles. The largest absolute Gasteiger partial charge is 0.293 e. The third-order valence-corrected chi connectivity index (χ3v) is 3.32. The molecule has 1 aromatic rings. The van der Waals surface area contributed by atoms with Crippen molar-refractivity contribution in [3.8, 4) is 0 Å². The fraction of sp³-hybridized carbons (Fsp3) is 0.222. The quantitative estimate of drug-likeness (QED) is 0.383. The molecule has 0 radical (unpaired) electrons. The molecule has 0 heterocycles. The number of nitrogens with zero attached hydrogens (tertiary/aromatic N) is 2. The minimum Gasteiger partial charge on any atom is -0.293 e. The van der Waals surface area contributed by atoms with Crippen LogP contribution in [0.5, 0.6) is 0 Å². The van der Waals surface area contributed by atoms with Gasteiger partial charge in [-0.15, -0.1) is 21.8 Å². The predicted molar refractivity (Wildman–Crippen MR) is 76.2 cm³/mol. The van der Waals surface area contributed by atoms with Gasteiger partial charge in [0.05, 0.1) is 15.9 Å². The minimum atomic E-state index is -2.08. The van der Waals surface area contributed by atoms with E-state index < -0.39 is 16.1 Å². The number of alkyl halides is 3. The third-order valence-electron chi connectivity index (χ3n) is 1.71. The van der Waals surface area contributed by atoms with E-state index >= 15 is 0 Å². The molecule has 0 atom stereocenters. The van der Waals surface area contributed by atoms with Gasteiger partial charge in [0.1, 0.15) is 5.69 Å². The number of ketones is 1. The van der Waals surface area contributed by atoms with Gasteiger partial charge in [0.15, 0.2) is 0 Å². The van der Waals surface area contributed by atoms with Crippen molar-refractivity contribution in [1.29, 1.82) is 0 Å². The molecule has 1 rings (SSSR count). The molecule has 0 aliphatic rings. The first-order valence-electron chi connectivity index (χ1n) is 4.32. The summed E-state index contributed by atoms with van der Waals surface area (Å²) in [6.45, 7) is 0. The standard InChI is InChI=1S/C9H4Cl6N2O/c10-3-7(18)9(14,15)17-16-8-5(12)1-4(11)2-6(8)13/h1-2H,3H2/b17-16+. The van der Waals surface area contributed by atoms with Crippen LogP contribution in [0.3, 0.4) is 0 Å². The SMILES string of the molecule is O=C(CCl)C(Cl)(Cl)/N=N/c1c(Cl)cc(Cl)cc1Cl. The van der Waals surface area contributed by atoms with Crippen molar-refractivity contribution in [2.75, 3.05) is 5.88 Å². The fourth-order valence-corrected chi connectivity index (χ4v) is 2.31. The van der Waals surface area contributed by atoms with Crippen LogP contribution in [0.2, 0.25) is 15.1 Å². The summed E-state index contributed by atoms with van der Waals surface area (Å²) in [7, 11) is 0. The second-order valence-corrected chi connectivity index (χ2v) is 5.82. The summed E-state index contributed by atoms with van der Waals surface area (Å²) >= 11 is 34.0. The van der Waals surface area contributed by atoms with E-state index in [1.54, 1.807) is 0 Å². The lowest BCUT2D eigenvalue weighted by Gasteiger charge is -2.09. The maximum absolute atomic E-state index is 11.2. The van der Waals surface area contributed by atoms with E-state index in [9.17, 15) is 4.79 Å². The smallest absolute Gasteiger partial charge is 0.287 e. The van der Waals surface area contributed by atoms with Crippen molar-refractivity contribution in [3.05, 3.63) is 27.2 Å². The molecule has 0 saturated heterocycles. The van der Waals surface area contributed by atoms with Crippen molar-refractivity contribution in [2.24, 2.45) is 10.2 Å². The van der Waals surface area contributed by atoms with Gasteiger partial charge in [0.2, 0.25) is 5.78 Å². The number of halogens is 6. The molecule has 3 nitrogen and oxygen atoms in total. The van der Waals surface area contributed by atoms with E-state index in [1.165, 1.54) is 12.1 Å². The van der Waals surface area contributed by atoms with E-state index in [4.69, 9.17) is 69.6 Å². The van der Waals surface area contributed by atoms with Crippen molar-refractivity contribution in [3.63, 3.8) is 0 Å².